The van der Waals surface area contributed by atoms with E-state index in [1.54, 1.807) is 30.1 Å². The second kappa shape index (κ2) is 14.5. The van der Waals surface area contributed by atoms with E-state index in [1.165, 1.54) is 17.7 Å². The lowest BCUT2D eigenvalue weighted by atomic mass is 9.99. The van der Waals surface area contributed by atoms with Crippen LogP contribution in [0.3, 0.4) is 0 Å². The highest BCUT2D eigenvalue weighted by Crippen LogP contribution is 2.24. The van der Waals surface area contributed by atoms with Crippen LogP contribution in [0.1, 0.15) is 75.6 Å². The third kappa shape index (κ3) is 8.46. The number of hydrogen-bond donors (Lipinski definition) is 3. The zero-order valence-corrected chi connectivity index (χ0v) is 24.6. The number of hydrogen-bond acceptors (Lipinski definition) is 4. The monoisotopic (exact) mass is 577 g/mol. The van der Waals surface area contributed by atoms with Gasteiger partial charge < -0.3 is 20.6 Å². The summed E-state index contributed by atoms with van der Waals surface area (Å²) in [6, 6.07) is 15.7. The standard InChI is InChI=1S/C34H41F2N3O3/c1-4-23-8-7-9-24(14-23)20-37-21-32(40)31(17-25-15-28(35)19-29(36)16-25)38-33(41)26-12-22(2)13-27(18-26)34(42)39(3)30-10-5-6-11-30/h7-9,12-16,18-19,30-32,37,40H,4-6,10-11,17,20-21H2,1-3H3,(H,38,41)/t31-,32+/m0/s1. The molecular weight excluding hydrogens is 536 g/mol. The molecule has 224 valence electrons. The van der Waals surface area contributed by atoms with Crippen LogP contribution in [0, 0.1) is 18.6 Å². The maximum atomic E-state index is 14.0. The summed E-state index contributed by atoms with van der Waals surface area (Å²) in [4.78, 5) is 28.5. The molecule has 3 N–H and O–H groups in total. The summed E-state index contributed by atoms with van der Waals surface area (Å²) in [7, 11) is 1.80. The fraction of sp³-hybridized carbons (Fsp3) is 0.412. The van der Waals surface area contributed by atoms with Crippen LogP contribution in [0.15, 0.2) is 60.7 Å². The van der Waals surface area contributed by atoms with Crippen LogP contribution in [0.2, 0.25) is 0 Å². The van der Waals surface area contributed by atoms with Crippen LogP contribution in [0.5, 0.6) is 0 Å². The van der Waals surface area contributed by atoms with Crippen molar-refractivity contribution in [3.63, 3.8) is 0 Å². The van der Waals surface area contributed by atoms with E-state index >= 15 is 0 Å². The summed E-state index contributed by atoms with van der Waals surface area (Å²) in [5.41, 5.74) is 4.05. The predicted octanol–water partition coefficient (Wildman–Crippen LogP) is 5.34. The predicted molar refractivity (Wildman–Crippen MR) is 160 cm³/mol. The third-order valence-corrected chi connectivity index (χ3v) is 8.02. The maximum Gasteiger partial charge on any atom is 0.253 e. The SMILES string of the molecule is CCc1cccc(CNC[C@@H](O)[C@H](Cc2cc(F)cc(F)c2)NC(=O)c2cc(C)cc(C(=O)N(C)C3CCCC3)c2)c1. The molecule has 42 heavy (non-hydrogen) atoms. The Labute approximate surface area is 247 Å². The highest BCUT2D eigenvalue weighted by Gasteiger charge is 2.26. The lowest BCUT2D eigenvalue weighted by Gasteiger charge is -2.26. The second-order valence-corrected chi connectivity index (χ2v) is 11.4. The summed E-state index contributed by atoms with van der Waals surface area (Å²) in [6.45, 7) is 4.56. The van der Waals surface area contributed by atoms with Gasteiger partial charge in [-0.3, -0.25) is 9.59 Å². The number of rotatable bonds is 12. The van der Waals surface area contributed by atoms with E-state index in [-0.39, 0.29) is 30.5 Å². The zero-order valence-electron chi connectivity index (χ0n) is 24.6. The van der Waals surface area contributed by atoms with E-state index in [4.69, 9.17) is 0 Å². The molecule has 0 radical (unpaired) electrons. The van der Waals surface area contributed by atoms with Gasteiger partial charge in [-0.05, 0) is 85.2 Å². The van der Waals surface area contributed by atoms with Crippen LogP contribution >= 0.6 is 0 Å². The Balaban J connectivity index is 1.50. The van der Waals surface area contributed by atoms with Crippen molar-refractivity contribution in [2.75, 3.05) is 13.6 Å². The molecule has 4 rings (SSSR count). The first-order valence-electron chi connectivity index (χ1n) is 14.7. The Morgan fingerprint density at radius 2 is 1.62 bits per heavy atom. The molecule has 1 aliphatic rings. The van der Waals surface area contributed by atoms with E-state index in [0.29, 0.717) is 17.7 Å². The minimum atomic E-state index is -1.06. The maximum absolute atomic E-state index is 14.0. The number of nitrogens with zero attached hydrogens (tertiary/aromatic N) is 1. The van der Waals surface area contributed by atoms with Crippen molar-refractivity contribution in [1.29, 1.82) is 0 Å². The quantitative estimate of drug-likeness (QED) is 0.271. The summed E-state index contributed by atoms with van der Waals surface area (Å²) in [5.74, 6) is -2.07. The normalized spacial score (nSPS) is 14.9. The molecular formula is C34H41F2N3O3. The molecule has 0 spiro atoms. The zero-order chi connectivity index (χ0) is 30.2. The molecule has 1 saturated carbocycles. The van der Waals surface area contributed by atoms with Crippen LogP contribution < -0.4 is 10.6 Å². The second-order valence-electron chi connectivity index (χ2n) is 11.4. The number of aliphatic hydroxyl groups is 1. The fourth-order valence-electron chi connectivity index (χ4n) is 5.68. The molecule has 3 aromatic carbocycles. The molecule has 1 aliphatic carbocycles. The van der Waals surface area contributed by atoms with E-state index in [9.17, 15) is 23.5 Å². The number of halogens is 2. The lowest BCUT2D eigenvalue weighted by Crippen LogP contribution is -2.48. The molecule has 0 aliphatic heterocycles. The van der Waals surface area contributed by atoms with Crippen molar-refractivity contribution in [2.24, 2.45) is 0 Å². The number of benzene rings is 3. The van der Waals surface area contributed by atoms with Gasteiger partial charge in [0.25, 0.3) is 11.8 Å². The lowest BCUT2D eigenvalue weighted by molar-refractivity contribution is 0.0735. The van der Waals surface area contributed by atoms with Gasteiger partial charge in [0.05, 0.1) is 12.1 Å². The highest BCUT2D eigenvalue weighted by atomic mass is 19.1. The van der Waals surface area contributed by atoms with Gasteiger partial charge in [-0.15, -0.1) is 0 Å². The van der Waals surface area contributed by atoms with Gasteiger partial charge in [-0.1, -0.05) is 44.0 Å². The average molecular weight is 578 g/mol. The van der Waals surface area contributed by atoms with Gasteiger partial charge in [-0.25, -0.2) is 8.78 Å². The Morgan fingerprint density at radius 1 is 0.952 bits per heavy atom. The number of carbonyl (C=O) groups excluding carboxylic acids is 2. The first-order valence-corrected chi connectivity index (χ1v) is 14.7. The van der Waals surface area contributed by atoms with E-state index in [2.05, 4.69) is 29.7 Å². The molecule has 0 aromatic heterocycles. The average Bonchev–Trinajstić information content (AvgIpc) is 3.50. The number of aryl methyl sites for hydroxylation is 2. The van der Waals surface area contributed by atoms with Crippen molar-refractivity contribution in [2.45, 2.75) is 77.1 Å². The van der Waals surface area contributed by atoms with Crippen LogP contribution in [0.25, 0.3) is 0 Å². The van der Waals surface area contributed by atoms with Gasteiger partial charge >= 0.3 is 0 Å². The molecule has 0 heterocycles. The molecule has 2 amide bonds. The molecule has 8 heteroatoms. The third-order valence-electron chi connectivity index (χ3n) is 8.02. The Kier molecular flexibility index (Phi) is 10.8. The summed E-state index contributed by atoms with van der Waals surface area (Å²) in [6.07, 6.45) is 4.01. The number of carbonyl (C=O) groups is 2. The number of amides is 2. The Morgan fingerprint density at radius 3 is 2.31 bits per heavy atom. The molecule has 6 nitrogen and oxygen atoms in total. The molecule has 0 saturated heterocycles. The van der Waals surface area contributed by atoms with Crippen LogP contribution in [0.4, 0.5) is 8.78 Å². The summed E-state index contributed by atoms with van der Waals surface area (Å²) >= 11 is 0. The van der Waals surface area contributed by atoms with Gasteiger partial charge in [0.1, 0.15) is 11.6 Å². The molecule has 3 aromatic rings. The largest absolute Gasteiger partial charge is 0.390 e. The number of aliphatic hydroxyl groups excluding tert-OH is 1. The smallest absolute Gasteiger partial charge is 0.253 e. The molecule has 1 fully saturated rings. The first-order chi connectivity index (χ1) is 20.1. The van der Waals surface area contributed by atoms with Crippen molar-refractivity contribution < 1.29 is 23.5 Å². The number of nitrogens with one attached hydrogen (secondary N) is 2. The van der Waals surface area contributed by atoms with E-state index < -0.39 is 29.7 Å². The van der Waals surface area contributed by atoms with Crippen molar-refractivity contribution in [3.05, 3.63) is 106 Å². The van der Waals surface area contributed by atoms with Crippen molar-refractivity contribution in [1.82, 2.24) is 15.5 Å². The highest BCUT2D eigenvalue weighted by molar-refractivity contribution is 6.00. The summed E-state index contributed by atoms with van der Waals surface area (Å²) in [5, 5.41) is 17.2. The fourth-order valence-corrected chi connectivity index (χ4v) is 5.68. The van der Waals surface area contributed by atoms with Crippen LogP contribution in [-0.4, -0.2) is 53.6 Å². The van der Waals surface area contributed by atoms with Gasteiger partial charge in [0.2, 0.25) is 0 Å². The Bertz CT molecular complexity index is 1370. The van der Waals surface area contributed by atoms with Gasteiger partial charge in [0, 0.05) is 43.4 Å². The summed E-state index contributed by atoms with van der Waals surface area (Å²) < 4.78 is 27.9. The van der Waals surface area contributed by atoms with Gasteiger partial charge in [0.15, 0.2) is 0 Å². The van der Waals surface area contributed by atoms with Crippen molar-refractivity contribution in [3.8, 4) is 0 Å². The van der Waals surface area contributed by atoms with E-state index in [1.807, 2.05) is 19.1 Å². The minimum Gasteiger partial charge on any atom is -0.390 e. The Hall–Kier alpha value is -3.62. The van der Waals surface area contributed by atoms with E-state index in [0.717, 1.165) is 49.3 Å². The van der Waals surface area contributed by atoms with Crippen molar-refractivity contribution >= 4 is 11.8 Å². The first kappa shape index (κ1) is 31.3. The minimum absolute atomic E-state index is 0.0105. The molecule has 0 bridgehead atoms. The van der Waals surface area contributed by atoms with Crippen LogP contribution in [-0.2, 0) is 19.4 Å². The topological polar surface area (TPSA) is 81.7 Å². The molecule has 2 atom stereocenters. The van der Waals surface area contributed by atoms with Gasteiger partial charge in [-0.2, -0.15) is 0 Å². The molecule has 0 unspecified atom stereocenters.